The summed E-state index contributed by atoms with van der Waals surface area (Å²) in [5.74, 6) is 2.03. The van der Waals surface area contributed by atoms with Gasteiger partial charge in [0.05, 0.1) is 0 Å². The van der Waals surface area contributed by atoms with Crippen LogP contribution < -0.4 is 11.0 Å². The molecule has 0 saturated carbocycles. The van der Waals surface area contributed by atoms with E-state index in [1.807, 2.05) is 25.3 Å². The van der Waals surface area contributed by atoms with Gasteiger partial charge in [0.15, 0.2) is 0 Å². The van der Waals surface area contributed by atoms with E-state index in [1.165, 1.54) is 0 Å². The molecule has 0 amide bonds. The number of benzene rings is 1. The number of aryl methyl sites for hydroxylation is 2. The molecule has 164 valence electrons. The van der Waals surface area contributed by atoms with E-state index in [-0.39, 0.29) is 26.7 Å². The second-order valence-corrected chi connectivity index (χ2v) is 12.7. The first-order valence-corrected chi connectivity index (χ1v) is 14.1. The van der Waals surface area contributed by atoms with Crippen molar-refractivity contribution in [1.82, 2.24) is 27.1 Å². The van der Waals surface area contributed by atoms with Gasteiger partial charge in [0, 0.05) is 0 Å². The van der Waals surface area contributed by atoms with Crippen LogP contribution in [0.25, 0.3) is 22.2 Å². The first-order chi connectivity index (χ1) is 14.8. The van der Waals surface area contributed by atoms with Crippen LogP contribution in [0.2, 0.25) is 0 Å². The number of nitrogens with one attached hydrogen (secondary N) is 1. The Morgan fingerprint density at radius 1 is 1.23 bits per heavy atom. The molecule has 2 atom stereocenters. The molecule has 1 saturated heterocycles. The third kappa shape index (κ3) is 3.80. The van der Waals surface area contributed by atoms with Crippen LogP contribution in [-0.2, 0) is 7.05 Å². The number of nitrogens with zero attached hydrogens (tertiary/aromatic N) is 6. The molecule has 2 unspecified atom stereocenters. The van der Waals surface area contributed by atoms with Crippen molar-refractivity contribution in [3.05, 3.63) is 34.4 Å². The van der Waals surface area contributed by atoms with Crippen molar-refractivity contribution in [2.75, 3.05) is 23.1 Å². The van der Waals surface area contributed by atoms with Crippen molar-refractivity contribution >= 4 is 59.1 Å². The molecule has 3 aromatic heterocycles. The Balaban J connectivity index is 1.55. The average molecular weight is 506 g/mol. The van der Waals surface area contributed by atoms with Gasteiger partial charge in [0.2, 0.25) is 0 Å². The number of hydrogen-bond donors (Lipinski definition) is 2. The SMILES string of the molecule is Cc1cc2n[se]nc2cc1Nc1ncc2c(n1)n(C1CCCS(C)(O)CC1)c(=O)n2C. The van der Waals surface area contributed by atoms with Crippen LogP contribution in [0.5, 0.6) is 0 Å². The minimum atomic E-state index is -1.56. The van der Waals surface area contributed by atoms with Gasteiger partial charge in [-0.05, 0) is 12.0 Å². The third-order valence-corrected chi connectivity index (χ3v) is 9.51. The summed E-state index contributed by atoms with van der Waals surface area (Å²) in [6.07, 6.45) is 6.23. The zero-order valence-electron chi connectivity index (χ0n) is 17.7. The van der Waals surface area contributed by atoms with Crippen LogP contribution in [0.15, 0.2) is 23.1 Å². The fourth-order valence-corrected chi connectivity index (χ4v) is 7.08. The molecule has 0 radical (unpaired) electrons. The van der Waals surface area contributed by atoms with Crippen LogP contribution in [0, 0.1) is 6.92 Å². The van der Waals surface area contributed by atoms with Crippen LogP contribution in [0.3, 0.4) is 0 Å². The van der Waals surface area contributed by atoms with Crippen LogP contribution >= 0.6 is 10.3 Å². The topological polar surface area (TPSA) is 111 Å². The first-order valence-electron chi connectivity index (χ1n) is 10.2. The molecule has 11 heteroatoms. The number of rotatable bonds is 3. The molecular formula is C20H25N7O2SSe. The summed E-state index contributed by atoms with van der Waals surface area (Å²) in [4.78, 5) is 22.3. The Morgan fingerprint density at radius 3 is 2.81 bits per heavy atom. The zero-order valence-corrected chi connectivity index (χ0v) is 20.2. The normalized spacial score (nSPS) is 24.2. The predicted molar refractivity (Wildman–Crippen MR) is 126 cm³/mol. The Bertz CT molecular complexity index is 1340. The summed E-state index contributed by atoms with van der Waals surface area (Å²) >= 11 is -0.0754. The van der Waals surface area contributed by atoms with Gasteiger partial charge in [0.1, 0.15) is 0 Å². The van der Waals surface area contributed by atoms with Gasteiger partial charge >= 0.3 is 161 Å². The van der Waals surface area contributed by atoms with Crippen LogP contribution in [-0.4, -0.2) is 64.3 Å². The summed E-state index contributed by atoms with van der Waals surface area (Å²) < 4.78 is 22.8. The van der Waals surface area contributed by atoms with Crippen LogP contribution in [0.4, 0.5) is 11.6 Å². The summed E-state index contributed by atoms with van der Waals surface area (Å²) in [7, 11) is 0.196. The van der Waals surface area contributed by atoms with Gasteiger partial charge in [-0.3, -0.25) is 0 Å². The van der Waals surface area contributed by atoms with E-state index < -0.39 is 10.3 Å². The quantitative estimate of drug-likeness (QED) is 0.411. The van der Waals surface area contributed by atoms with Crippen molar-refractivity contribution in [3.8, 4) is 0 Å². The first kappa shape index (κ1) is 20.7. The molecule has 0 spiro atoms. The number of fused-ring (bicyclic) bond motifs is 2. The van der Waals surface area contributed by atoms with E-state index in [0.717, 1.165) is 53.1 Å². The molecule has 1 aromatic carbocycles. The van der Waals surface area contributed by atoms with E-state index in [2.05, 4.69) is 18.3 Å². The van der Waals surface area contributed by atoms with E-state index in [9.17, 15) is 9.35 Å². The molecule has 4 heterocycles. The third-order valence-electron chi connectivity index (χ3n) is 6.06. The summed E-state index contributed by atoms with van der Waals surface area (Å²) in [5, 5.41) is 3.30. The molecule has 1 fully saturated rings. The maximum atomic E-state index is 13.1. The second kappa shape index (κ2) is 7.74. The van der Waals surface area contributed by atoms with Crippen molar-refractivity contribution < 1.29 is 4.55 Å². The molecule has 2 N–H and O–H groups in total. The average Bonchev–Trinajstić information content (AvgIpc) is 3.21. The van der Waals surface area contributed by atoms with E-state index in [0.29, 0.717) is 17.1 Å². The molecule has 0 bridgehead atoms. The molecule has 0 aliphatic carbocycles. The second-order valence-electron chi connectivity index (χ2n) is 8.37. The van der Waals surface area contributed by atoms with Gasteiger partial charge in [-0.1, -0.05) is 0 Å². The molecular weight excluding hydrogens is 481 g/mol. The predicted octanol–water partition coefficient (Wildman–Crippen LogP) is 2.81. The minimum absolute atomic E-state index is 0.0322. The zero-order chi connectivity index (χ0) is 21.8. The molecule has 1 aliphatic heterocycles. The monoisotopic (exact) mass is 507 g/mol. The molecule has 5 rings (SSSR count). The van der Waals surface area contributed by atoms with Crippen molar-refractivity contribution in [1.29, 1.82) is 0 Å². The fraction of sp³-hybridized carbons (Fsp3) is 0.450. The molecule has 4 aromatic rings. The number of hydrogen-bond acceptors (Lipinski definition) is 7. The van der Waals surface area contributed by atoms with Gasteiger partial charge in [-0.2, -0.15) is 0 Å². The molecule has 1 aliphatic rings. The summed E-state index contributed by atoms with van der Waals surface area (Å²) in [5.41, 5.74) is 5.00. The van der Waals surface area contributed by atoms with E-state index in [1.54, 1.807) is 22.4 Å². The van der Waals surface area contributed by atoms with E-state index in [4.69, 9.17) is 4.98 Å². The van der Waals surface area contributed by atoms with E-state index >= 15 is 0 Å². The van der Waals surface area contributed by atoms with Gasteiger partial charge < -0.3 is 4.55 Å². The summed E-state index contributed by atoms with van der Waals surface area (Å²) in [6.45, 7) is 2.01. The molecule has 31 heavy (non-hydrogen) atoms. The van der Waals surface area contributed by atoms with Crippen LogP contribution in [0.1, 0.15) is 30.9 Å². The van der Waals surface area contributed by atoms with Crippen molar-refractivity contribution in [2.24, 2.45) is 7.05 Å². The van der Waals surface area contributed by atoms with Crippen molar-refractivity contribution in [2.45, 2.75) is 32.2 Å². The molecule has 9 nitrogen and oxygen atoms in total. The summed E-state index contributed by atoms with van der Waals surface area (Å²) in [6, 6.07) is 4.03. The Morgan fingerprint density at radius 2 is 2.00 bits per heavy atom. The number of imidazole rings is 1. The maximum absolute atomic E-state index is 13.1. The van der Waals surface area contributed by atoms with Gasteiger partial charge in [-0.25, -0.2) is 0 Å². The Hall–Kier alpha value is -2.20. The Labute approximate surface area is 187 Å². The fourth-order valence-electron chi connectivity index (χ4n) is 4.24. The number of aromatic nitrogens is 6. The Kier molecular flexibility index (Phi) is 5.16. The van der Waals surface area contributed by atoms with Gasteiger partial charge in [-0.15, -0.1) is 10.3 Å². The van der Waals surface area contributed by atoms with Crippen molar-refractivity contribution in [3.63, 3.8) is 0 Å². The number of anilines is 2. The standard InChI is InChI=1S/C20H25N7O2SSe/c1-12-9-15-16(25-31-24-15)10-14(12)22-19-21-11-17-18(23-19)27(20(28)26(17)2)13-5-4-7-30(3,29)8-6-13/h9-11,13,29H,4-8H2,1-3H3,(H,21,22,23). The van der Waals surface area contributed by atoms with Gasteiger partial charge in [0.25, 0.3) is 0 Å².